The number of carboxylic acid groups (broad SMARTS) is 1. The molecule has 2 aromatic rings. The van der Waals surface area contributed by atoms with Gasteiger partial charge in [-0.2, -0.15) is 13.2 Å². The van der Waals surface area contributed by atoms with Gasteiger partial charge in [-0.1, -0.05) is 36.0 Å². The molecule has 0 radical (unpaired) electrons. The molecule has 0 aliphatic heterocycles. The minimum atomic E-state index is -4.55. The van der Waals surface area contributed by atoms with Crippen molar-refractivity contribution < 1.29 is 23.1 Å². The molecular formula is C15H10F3NO2S. The summed E-state index contributed by atoms with van der Waals surface area (Å²) in [5, 5.41) is 8.74. The predicted octanol–water partition coefficient (Wildman–Crippen LogP) is 4.35. The van der Waals surface area contributed by atoms with Crippen LogP contribution in [-0.4, -0.2) is 16.1 Å². The summed E-state index contributed by atoms with van der Waals surface area (Å²) in [4.78, 5) is 14.9. The Morgan fingerprint density at radius 1 is 1.14 bits per heavy atom. The zero-order chi connectivity index (χ0) is 16.2. The third kappa shape index (κ3) is 4.36. The monoisotopic (exact) mass is 325 g/mol. The maximum absolute atomic E-state index is 12.8. The molecule has 1 heterocycles. The molecule has 0 bridgehead atoms. The van der Waals surface area contributed by atoms with Crippen molar-refractivity contribution in [1.29, 1.82) is 0 Å². The van der Waals surface area contributed by atoms with Gasteiger partial charge in [0.1, 0.15) is 10.7 Å². The number of aromatic nitrogens is 1. The Hall–Kier alpha value is -2.28. The van der Waals surface area contributed by atoms with Gasteiger partial charge < -0.3 is 5.11 Å². The molecule has 0 saturated carbocycles. The van der Waals surface area contributed by atoms with E-state index in [9.17, 15) is 18.0 Å². The quantitative estimate of drug-likeness (QED) is 0.849. The number of alkyl halides is 3. The molecule has 1 N–H and O–H groups in total. The lowest BCUT2D eigenvalue weighted by Gasteiger charge is -2.10. The Kier molecular flexibility index (Phi) is 4.87. The molecule has 22 heavy (non-hydrogen) atoms. The van der Waals surface area contributed by atoms with Crippen LogP contribution in [0, 0.1) is 0 Å². The van der Waals surface area contributed by atoms with Crippen molar-refractivity contribution in [2.75, 3.05) is 0 Å². The van der Waals surface area contributed by atoms with Gasteiger partial charge in [-0.3, -0.25) is 0 Å². The second kappa shape index (κ2) is 6.65. The lowest BCUT2D eigenvalue weighted by Crippen LogP contribution is -2.08. The average molecular weight is 325 g/mol. The Morgan fingerprint density at radius 2 is 1.82 bits per heavy atom. The fourth-order valence-corrected chi connectivity index (χ4v) is 2.49. The number of nitrogens with zero attached hydrogens (tertiary/aromatic N) is 1. The summed E-state index contributed by atoms with van der Waals surface area (Å²) < 4.78 is 38.3. The Labute approximate surface area is 128 Å². The van der Waals surface area contributed by atoms with Gasteiger partial charge >= 0.3 is 12.1 Å². The van der Waals surface area contributed by atoms with E-state index in [0.717, 1.165) is 23.9 Å². The van der Waals surface area contributed by atoms with E-state index in [1.807, 2.05) is 0 Å². The summed E-state index contributed by atoms with van der Waals surface area (Å²) in [5.41, 5.74) is -0.706. The zero-order valence-electron chi connectivity index (χ0n) is 11.0. The van der Waals surface area contributed by atoms with E-state index in [1.165, 1.54) is 12.1 Å². The van der Waals surface area contributed by atoms with E-state index in [4.69, 9.17) is 5.11 Å². The largest absolute Gasteiger partial charge is 0.478 e. The Morgan fingerprint density at radius 3 is 2.41 bits per heavy atom. The molecule has 7 heteroatoms. The molecule has 0 spiro atoms. The summed E-state index contributed by atoms with van der Waals surface area (Å²) in [6, 6.07) is 10.8. The number of rotatable bonds is 4. The highest BCUT2D eigenvalue weighted by Crippen LogP contribution is 2.34. The first-order valence-electron chi connectivity index (χ1n) is 6.08. The van der Waals surface area contributed by atoms with Crippen LogP contribution in [0.2, 0.25) is 0 Å². The number of hydrogen-bond acceptors (Lipinski definition) is 3. The molecule has 0 aliphatic carbocycles. The molecule has 0 amide bonds. The lowest BCUT2D eigenvalue weighted by molar-refractivity contribution is -0.141. The van der Waals surface area contributed by atoms with Gasteiger partial charge in [-0.15, -0.1) is 0 Å². The Bertz CT molecular complexity index is 700. The second-order valence-corrected chi connectivity index (χ2v) is 5.24. The van der Waals surface area contributed by atoms with Crippen LogP contribution in [0.1, 0.15) is 11.3 Å². The molecule has 1 aromatic carbocycles. The van der Waals surface area contributed by atoms with E-state index in [1.54, 1.807) is 30.3 Å². The minimum absolute atomic E-state index is 0.0959. The first kappa shape index (κ1) is 16.1. The van der Waals surface area contributed by atoms with Gasteiger partial charge in [0.2, 0.25) is 0 Å². The molecule has 0 saturated heterocycles. The highest BCUT2D eigenvalue weighted by molar-refractivity contribution is 7.99. The fourth-order valence-electron chi connectivity index (χ4n) is 1.58. The van der Waals surface area contributed by atoms with Crippen molar-refractivity contribution in [3.8, 4) is 0 Å². The summed E-state index contributed by atoms with van der Waals surface area (Å²) >= 11 is 1.04. The van der Waals surface area contributed by atoms with Gasteiger partial charge in [0.25, 0.3) is 0 Å². The number of carboxylic acids is 1. The minimum Gasteiger partial charge on any atom is -0.478 e. The van der Waals surface area contributed by atoms with Crippen LogP contribution >= 0.6 is 11.8 Å². The first-order valence-corrected chi connectivity index (χ1v) is 6.90. The van der Waals surface area contributed by atoms with Crippen LogP contribution in [0.3, 0.4) is 0 Å². The first-order chi connectivity index (χ1) is 10.4. The van der Waals surface area contributed by atoms with Crippen molar-refractivity contribution in [3.05, 3.63) is 59.8 Å². The number of hydrogen-bond donors (Lipinski definition) is 1. The van der Waals surface area contributed by atoms with Gasteiger partial charge in [0, 0.05) is 16.5 Å². The number of pyridine rings is 1. The van der Waals surface area contributed by atoms with Crippen molar-refractivity contribution in [2.45, 2.75) is 16.1 Å². The topological polar surface area (TPSA) is 50.2 Å². The molecule has 114 valence electrons. The van der Waals surface area contributed by atoms with E-state index >= 15 is 0 Å². The molecule has 0 aliphatic rings. The highest BCUT2D eigenvalue weighted by Gasteiger charge is 2.33. The summed E-state index contributed by atoms with van der Waals surface area (Å²) in [5.74, 6) is -1.18. The Balaban J connectivity index is 2.43. The van der Waals surface area contributed by atoms with Gasteiger partial charge in [-0.25, -0.2) is 9.78 Å². The van der Waals surface area contributed by atoms with Crippen LogP contribution in [0.4, 0.5) is 13.2 Å². The normalized spacial score (nSPS) is 11.8. The summed E-state index contributed by atoms with van der Waals surface area (Å²) in [7, 11) is 0. The van der Waals surface area contributed by atoms with Crippen LogP contribution < -0.4 is 0 Å². The maximum Gasteiger partial charge on any atom is 0.433 e. The van der Waals surface area contributed by atoms with E-state index in [-0.39, 0.29) is 5.03 Å². The molecule has 0 fully saturated rings. The molecule has 3 nitrogen and oxygen atoms in total. The van der Waals surface area contributed by atoms with Crippen LogP contribution in [-0.2, 0) is 11.0 Å². The second-order valence-electron chi connectivity index (χ2n) is 4.18. The molecule has 2 rings (SSSR count). The molecule has 0 unspecified atom stereocenters. The maximum atomic E-state index is 12.8. The average Bonchev–Trinajstić information content (AvgIpc) is 2.46. The summed E-state index contributed by atoms with van der Waals surface area (Å²) in [6.45, 7) is 0. The van der Waals surface area contributed by atoms with Crippen LogP contribution in [0.25, 0.3) is 6.08 Å². The van der Waals surface area contributed by atoms with Crippen molar-refractivity contribution in [2.24, 2.45) is 0 Å². The predicted molar refractivity (Wildman–Crippen MR) is 76.5 cm³/mol. The van der Waals surface area contributed by atoms with E-state index in [0.29, 0.717) is 10.5 Å². The lowest BCUT2D eigenvalue weighted by atomic mass is 10.2. The zero-order valence-corrected chi connectivity index (χ0v) is 11.9. The number of halogens is 3. The molecule has 1 aromatic heterocycles. The van der Waals surface area contributed by atoms with Crippen molar-refractivity contribution >= 4 is 23.8 Å². The number of aliphatic carboxylic acids is 1. The van der Waals surface area contributed by atoms with Crippen LogP contribution in [0.5, 0.6) is 0 Å². The smallest absolute Gasteiger partial charge is 0.433 e. The summed E-state index contributed by atoms with van der Waals surface area (Å²) in [6.07, 6.45) is -2.47. The number of benzene rings is 1. The SMILES string of the molecule is O=C(O)/C=C/c1ccc(C(F)(F)F)nc1Sc1ccccc1. The van der Waals surface area contributed by atoms with Gasteiger partial charge in [-0.05, 0) is 24.3 Å². The molecular weight excluding hydrogens is 315 g/mol. The van der Waals surface area contributed by atoms with Crippen LogP contribution in [0.15, 0.2) is 58.5 Å². The van der Waals surface area contributed by atoms with Gasteiger partial charge in [0.05, 0.1) is 0 Å². The third-order valence-electron chi connectivity index (χ3n) is 2.54. The highest BCUT2D eigenvalue weighted by atomic mass is 32.2. The van der Waals surface area contributed by atoms with Gasteiger partial charge in [0.15, 0.2) is 0 Å². The van der Waals surface area contributed by atoms with E-state index < -0.39 is 17.8 Å². The fraction of sp³-hybridized carbons (Fsp3) is 0.0667. The third-order valence-corrected chi connectivity index (χ3v) is 3.57. The van der Waals surface area contributed by atoms with E-state index in [2.05, 4.69) is 4.98 Å². The van der Waals surface area contributed by atoms with Crippen molar-refractivity contribution in [1.82, 2.24) is 4.98 Å². The molecule has 0 atom stereocenters. The standard InChI is InChI=1S/C15H10F3NO2S/c16-15(17,18)12-8-6-10(7-9-13(20)21)14(19-12)22-11-4-2-1-3-5-11/h1-9H,(H,20,21)/b9-7+. The van der Waals surface area contributed by atoms with Crippen molar-refractivity contribution in [3.63, 3.8) is 0 Å². The number of carbonyl (C=O) groups is 1.